The summed E-state index contributed by atoms with van der Waals surface area (Å²) in [5, 5.41) is 5.54. The number of carbonyl (C=O) groups excluding carboxylic acids is 2. The third kappa shape index (κ3) is 13.0. The molecule has 3 saturated heterocycles. The van der Waals surface area contributed by atoms with Crippen molar-refractivity contribution in [3.05, 3.63) is 65.9 Å². The second-order valence-corrected chi connectivity index (χ2v) is 26.0. The Kier molecular flexibility index (Phi) is 17.2. The number of fused-ring (bicyclic) bond motifs is 2. The van der Waals surface area contributed by atoms with Crippen LogP contribution in [0.1, 0.15) is 119 Å². The Balaban J connectivity index is 0.000000182. The van der Waals surface area contributed by atoms with Crippen LogP contribution in [0, 0.1) is 24.7 Å². The fourth-order valence-corrected chi connectivity index (χ4v) is 13.9. The second kappa shape index (κ2) is 23.3. The SMILES string of the molecule is CN(C)S(=O)(=O)NC1CCN(C(=O)[C@@H]2CCOC2)CC1COC1CCC(c2ccc3c(cnn3C)c2)CC1.Cc1ncc2cc(C3CCC(OCC4CN(C(=O)C5(F)CCC5)CCC4NS(C)(=O)=O)CC3)ccn12. The second-order valence-electron chi connectivity index (χ2n) is 22.3. The number of carbonyl (C=O) groups is 2. The van der Waals surface area contributed by atoms with Crippen molar-refractivity contribution >= 4 is 48.5 Å². The molecule has 2 amide bonds. The lowest BCUT2D eigenvalue weighted by Gasteiger charge is -2.43. The van der Waals surface area contributed by atoms with Gasteiger partial charge in [0, 0.05) is 89.4 Å². The van der Waals surface area contributed by atoms with Crippen molar-refractivity contribution in [2.45, 2.75) is 139 Å². The Hall–Kier alpha value is -4.09. The predicted octanol–water partition coefficient (Wildman–Crippen LogP) is 5.61. The van der Waals surface area contributed by atoms with Crippen molar-refractivity contribution in [2.24, 2.45) is 24.8 Å². The number of hydrogen-bond acceptors (Lipinski definition) is 11. The zero-order valence-electron chi connectivity index (χ0n) is 43.9. The number of rotatable bonds is 15. The number of likely N-dealkylation sites (tertiary alicyclic amines) is 2. The summed E-state index contributed by atoms with van der Waals surface area (Å²) in [6, 6.07) is 10.5. The highest BCUT2D eigenvalue weighted by atomic mass is 32.2. The summed E-state index contributed by atoms with van der Waals surface area (Å²) < 4.78 is 92.8. The number of nitrogens with one attached hydrogen (secondary N) is 2. The van der Waals surface area contributed by atoms with Gasteiger partial charge in [-0.3, -0.25) is 14.3 Å². The number of piperidine rings is 2. The number of hydrogen-bond donors (Lipinski definition) is 2. The molecule has 0 radical (unpaired) electrons. The molecule has 4 aromatic rings. The Morgan fingerprint density at radius 1 is 0.811 bits per heavy atom. The van der Waals surface area contributed by atoms with Crippen LogP contribution >= 0.6 is 0 Å². The number of imidazole rings is 1. The van der Waals surface area contributed by atoms with Crippen LogP contribution in [0.15, 0.2) is 48.9 Å². The number of halogens is 1. The maximum Gasteiger partial charge on any atom is 0.279 e. The monoisotopic (exact) mass is 1070 g/mol. The van der Waals surface area contributed by atoms with Crippen LogP contribution in [0.2, 0.25) is 0 Å². The number of ether oxygens (including phenoxy) is 3. The Labute approximate surface area is 436 Å². The number of nitrogens with zero attached hydrogens (tertiary/aromatic N) is 7. The average Bonchev–Trinajstić information content (AvgIpc) is 4.15. The molecule has 0 spiro atoms. The van der Waals surface area contributed by atoms with Crippen molar-refractivity contribution in [1.29, 1.82) is 0 Å². The summed E-state index contributed by atoms with van der Waals surface area (Å²) in [5.41, 5.74) is 3.21. The summed E-state index contributed by atoms with van der Waals surface area (Å²) in [6.45, 7) is 5.60. The van der Waals surface area contributed by atoms with Crippen LogP contribution < -0.4 is 9.44 Å². The van der Waals surface area contributed by atoms with Gasteiger partial charge in [0.25, 0.3) is 16.1 Å². The average molecular weight is 1070 g/mol. The summed E-state index contributed by atoms with van der Waals surface area (Å²) in [4.78, 5) is 33.7. The van der Waals surface area contributed by atoms with Crippen molar-refractivity contribution in [1.82, 2.24) is 42.7 Å². The van der Waals surface area contributed by atoms with Gasteiger partial charge in [-0.1, -0.05) is 6.07 Å². The van der Waals surface area contributed by atoms with E-state index in [-0.39, 0.29) is 60.8 Å². The van der Waals surface area contributed by atoms with E-state index >= 15 is 0 Å². The molecule has 18 nitrogen and oxygen atoms in total. The van der Waals surface area contributed by atoms with Crippen molar-refractivity contribution < 1.29 is 45.0 Å². The first-order valence-electron chi connectivity index (χ1n) is 26.9. The predicted molar refractivity (Wildman–Crippen MR) is 280 cm³/mol. The Morgan fingerprint density at radius 3 is 2.00 bits per heavy atom. The fourth-order valence-electron chi connectivity index (χ4n) is 12.1. The lowest BCUT2D eigenvalue weighted by molar-refractivity contribution is -0.153. The van der Waals surface area contributed by atoms with Gasteiger partial charge in [-0.2, -0.15) is 22.5 Å². The van der Waals surface area contributed by atoms with Crippen molar-refractivity contribution in [3.8, 4) is 0 Å². The van der Waals surface area contributed by atoms with E-state index in [1.165, 1.54) is 34.9 Å². The third-order valence-corrected chi connectivity index (χ3v) is 19.2. The third-order valence-electron chi connectivity index (χ3n) is 16.9. The number of amides is 2. The number of aryl methyl sites for hydroxylation is 2. The van der Waals surface area contributed by atoms with Crippen molar-refractivity contribution in [3.63, 3.8) is 0 Å². The van der Waals surface area contributed by atoms with Crippen LogP contribution in [-0.4, -0.2) is 165 Å². The first-order valence-corrected chi connectivity index (χ1v) is 30.3. The molecule has 0 bridgehead atoms. The minimum atomic E-state index is -3.58. The highest BCUT2D eigenvalue weighted by Crippen LogP contribution is 2.40. The summed E-state index contributed by atoms with van der Waals surface area (Å²) in [7, 11) is -1.97. The summed E-state index contributed by atoms with van der Waals surface area (Å²) >= 11 is 0. The molecular formula is C53H78FN9O9S2. The number of alkyl halides is 1. The van der Waals surface area contributed by atoms with Gasteiger partial charge in [0.15, 0.2) is 5.67 Å². The Bertz CT molecular complexity index is 2800. The van der Waals surface area contributed by atoms with Crippen LogP contribution in [0.5, 0.6) is 0 Å². The minimum absolute atomic E-state index is 0.0900. The molecule has 21 heteroatoms. The van der Waals surface area contributed by atoms with Gasteiger partial charge in [-0.05, 0) is 144 Å². The first-order chi connectivity index (χ1) is 35.3. The zero-order chi connectivity index (χ0) is 52.4. The quantitative estimate of drug-likeness (QED) is 0.150. The lowest BCUT2D eigenvalue weighted by atomic mass is 9.80. The summed E-state index contributed by atoms with van der Waals surface area (Å²) in [6.07, 6.45) is 18.4. The molecule has 4 unspecified atom stereocenters. The lowest BCUT2D eigenvalue weighted by Crippen LogP contribution is -2.58. The van der Waals surface area contributed by atoms with Crippen LogP contribution in [0.25, 0.3) is 16.4 Å². The van der Waals surface area contributed by atoms with Gasteiger partial charge in [0.2, 0.25) is 15.9 Å². The molecule has 408 valence electrons. The normalized spacial score (nSPS) is 28.8. The van der Waals surface area contributed by atoms with Gasteiger partial charge in [-0.25, -0.2) is 22.5 Å². The molecule has 6 fully saturated rings. The van der Waals surface area contributed by atoms with Gasteiger partial charge >= 0.3 is 0 Å². The molecule has 2 N–H and O–H groups in total. The van der Waals surface area contributed by atoms with E-state index in [4.69, 9.17) is 14.2 Å². The zero-order valence-corrected chi connectivity index (χ0v) is 45.5. The smallest absolute Gasteiger partial charge is 0.279 e. The molecule has 5 atom stereocenters. The molecule has 6 aliphatic rings. The molecule has 10 rings (SSSR count). The molecule has 6 heterocycles. The van der Waals surface area contributed by atoms with E-state index in [1.807, 2.05) is 35.9 Å². The van der Waals surface area contributed by atoms with E-state index in [0.717, 1.165) is 87.3 Å². The minimum Gasteiger partial charge on any atom is -0.381 e. The summed E-state index contributed by atoms with van der Waals surface area (Å²) in [5.74, 6) is 1.25. The molecule has 3 aliphatic heterocycles. The largest absolute Gasteiger partial charge is 0.381 e. The van der Waals surface area contributed by atoms with Crippen molar-refractivity contribution in [2.75, 3.05) is 73.0 Å². The van der Waals surface area contributed by atoms with E-state index in [9.17, 15) is 30.8 Å². The number of aromatic nitrogens is 4. The number of sulfonamides is 1. The number of benzene rings is 1. The van der Waals surface area contributed by atoms with Gasteiger partial charge in [0.05, 0.1) is 67.6 Å². The number of pyridine rings is 1. The maximum absolute atomic E-state index is 14.8. The topological polar surface area (TPSA) is 199 Å². The Morgan fingerprint density at radius 2 is 1.42 bits per heavy atom. The standard InChI is InChI=1S/C27H41N5O5S.C26H37FN4O4S/c1-30(2)38(34,35)29-25-10-12-32(27(33)21-11-13-36-17-21)16-23(25)18-37-24-7-4-19(5-8-24)20-6-9-26-22(14-20)15-28-31(26)3;1-18-28-15-22-14-20(8-13-31(18)22)19-4-6-23(7-5-19)35-17-21-16-30(25(32)26(27)10-3-11-26)12-9-24(21)29-36(2,33)34/h6,9,14-15,19,21,23-25,29H,4-5,7-8,10-13,16-18H2,1-3H3;8,13-15,19,21,23-24,29H,3-7,9-12,16-17H2,1-2H3/t19?,21-,23?,24?,25?;/m1./s1. The molecule has 3 aromatic heterocycles. The van der Waals surface area contributed by atoms with E-state index in [1.54, 1.807) is 4.90 Å². The fraction of sp³-hybridized carbons (Fsp3) is 0.698. The molecular weight excluding hydrogens is 990 g/mol. The highest BCUT2D eigenvalue weighted by molar-refractivity contribution is 7.88. The molecule has 1 aromatic carbocycles. The van der Waals surface area contributed by atoms with Gasteiger partial charge in [-0.15, -0.1) is 0 Å². The van der Waals surface area contributed by atoms with Gasteiger partial charge < -0.3 is 28.4 Å². The van der Waals surface area contributed by atoms with Gasteiger partial charge in [0.1, 0.15) is 5.82 Å². The van der Waals surface area contributed by atoms with E-state index in [2.05, 4.69) is 60.5 Å². The highest BCUT2D eigenvalue weighted by Gasteiger charge is 2.49. The van der Waals surface area contributed by atoms with E-state index in [0.29, 0.717) is 77.3 Å². The molecule has 3 aliphatic carbocycles. The van der Waals surface area contributed by atoms with Crippen LogP contribution in [0.3, 0.4) is 0 Å². The van der Waals surface area contributed by atoms with Crippen LogP contribution in [0.4, 0.5) is 4.39 Å². The molecule has 74 heavy (non-hydrogen) atoms. The molecule has 3 saturated carbocycles. The van der Waals surface area contributed by atoms with Crippen LogP contribution in [-0.2, 0) is 51.1 Å². The van der Waals surface area contributed by atoms with E-state index < -0.39 is 31.8 Å². The maximum atomic E-state index is 14.8. The first kappa shape index (κ1) is 54.7.